The molecule has 0 saturated heterocycles. The highest BCUT2D eigenvalue weighted by Crippen LogP contribution is 2.35. The van der Waals surface area contributed by atoms with Gasteiger partial charge in [-0.05, 0) is 32.1 Å². The molecule has 2 saturated carbocycles. The fraction of sp³-hybridized carbons (Fsp3) is 1.00. The SMILES string of the molecule is COCCOC1C(Cl)CC1OC1CCCC(OC)C1. The van der Waals surface area contributed by atoms with Gasteiger partial charge in [0.15, 0.2) is 0 Å². The van der Waals surface area contributed by atoms with E-state index in [1.165, 1.54) is 6.42 Å². The second kappa shape index (κ2) is 7.79. The number of methoxy groups -OCH3 is 2. The van der Waals surface area contributed by atoms with E-state index in [1.54, 1.807) is 14.2 Å². The van der Waals surface area contributed by atoms with Crippen molar-refractivity contribution in [1.29, 1.82) is 0 Å². The van der Waals surface area contributed by atoms with Gasteiger partial charge in [-0.1, -0.05) is 0 Å². The first-order valence-electron chi connectivity index (χ1n) is 7.17. The lowest BCUT2D eigenvalue weighted by atomic mass is 9.89. The Morgan fingerprint density at radius 3 is 2.53 bits per heavy atom. The van der Waals surface area contributed by atoms with Gasteiger partial charge in [0.05, 0.1) is 36.9 Å². The van der Waals surface area contributed by atoms with Crippen LogP contribution in [0.1, 0.15) is 32.1 Å². The minimum absolute atomic E-state index is 0.0136. The standard InChI is InChI=1S/C14H25ClO4/c1-16-6-7-18-14-12(15)9-13(14)19-11-5-3-4-10(8-11)17-2/h10-14H,3-9H2,1-2H3. The van der Waals surface area contributed by atoms with E-state index in [1.807, 2.05) is 0 Å². The average Bonchev–Trinajstić information content (AvgIpc) is 2.43. The van der Waals surface area contributed by atoms with Crippen LogP contribution in [0.5, 0.6) is 0 Å². The average molecular weight is 293 g/mol. The fourth-order valence-corrected chi connectivity index (χ4v) is 3.24. The Balaban J connectivity index is 1.72. The third kappa shape index (κ3) is 4.30. The molecule has 0 radical (unpaired) electrons. The van der Waals surface area contributed by atoms with Crippen LogP contribution in [0.3, 0.4) is 0 Å². The molecular weight excluding hydrogens is 268 g/mol. The molecule has 0 amide bonds. The van der Waals surface area contributed by atoms with Crippen molar-refractivity contribution in [3.63, 3.8) is 0 Å². The van der Waals surface area contributed by atoms with E-state index < -0.39 is 0 Å². The molecule has 2 aliphatic carbocycles. The molecule has 2 aliphatic rings. The third-order valence-electron chi connectivity index (χ3n) is 4.06. The Morgan fingerprint density at radius 1 is 1.05 bits per heavy atom. The van der Waals surface area contributed by atoms with Crippen LogP contribution in [0.4, 0.5) is 0 Å². The van der Waals surface area contributed by atoms with E-state index in [0.29, 0.717) is 25.4 Å². The zero-order valence-corrected chi connectivity index (χ0v) is 12.6. The monoisotopic (exact) mass is 292 g/mol. The lowest BCUT2D eigenvalue weighted by molar-refractivity contribution is -0.164. The zero-order valence-electron chi connectivity index (χ0n) is 11.8. The fourth-order valence-electron chi connectivity index (χ4n) is 2.83. The van der Waals surface area contributed by atoms with E-state index in [4.69, 9.17) is 30.5 Å². The van der Waals surface area contributed by atoms with Crippen LogP contribution in [0, 0.1) is 0 Å². The topological polar surface area (TPSA) is 36.9 Å². The largest absolute Gasteiger partial charge is 0.382 e. The second-order valence-corrected chi connectivity index (χ2v) is 5.96. The van der Waals surface area contributed by atoms with Crippen molar-refractivity contribution < 1.29 is 18.9 Å². The molecule has 112 valence electrons. The van der Waals surface area contributed by atoms with Crippen LogP contribution in [0.15, 0.2) is 0 Å². The van der Waals surface area contributed by atoms with Crippen molar-refractivity contribution in [2.45, 2.75) is 61.9 Å². The number of hydrogen-bond donors (Lipinski definition) is 0. The maximum Gasteiger partial charge on any atom is 0.100 e. The van der Waals surface area contributed by atoms with Crippen molar-refractivity contribution in [1.82, 2.24) is 0 Å². The molecule has 0 aromatic heterocycles. The summed E-state index contributed by atoms with van der Waals surface area (Å²) in [6.07, 6.45) is 6.11. The smallest absolute Gasteiger partial charge is 0.100 e. The molecule has 0 spiro atoms. The quantitative estimate of drug-likeness (QED) is 0.533. The van der Waals surface area contributed by atoms with Gasteiger partial charge in [-0.15, -0.1) is 11.6 Å². The molecule has 0 aromatic carbocycles. The molecule has 0 aromatic rings. The molecule has 2 fully saturated rings. The van der Waals surface area contributed by atoms with Crippen LogP contribution in [-0.2, 0) is 18.9 Å². The maximum atomic E-state index is 6.19. The van der Waals surface area contributed by atoms with Gasteiger partial charge in [-0.25, -0.2) is 0 Å². The predicted octanol–water partition coefficient (Wildman–Crippen LogP) is 2.37. The minimum atomic E-state index is 0.0136. The molecule has 0 aliphatic heterocycles. The highest BCUT2D eigenvalue weighted by atomic mass is 35.5. The van der Waals surface area contributed by atoms with Gasteiger partial charge in [0.25, 0.3) is 0 Å². The summed E-state index contributed by atoms with van der Waals surface area (Å²) in [6.45, 7) is 1.18. The summed E-state index contributed by atoms with van der Waals surface area (Å²) in [7, 11) is 3.45. The van der Waals surface area contributed by atoms with Gasteiger partial charge in [-0.2, -0.15) is 0 Å². The van der Waals surface area contributed by atoms with Crippen LogP contribution in [-0.4, -0.2) is 57.2 Å². The molecule has 0 N–H and O–H groups in total. The lowest BCUT2D eigenvalue weighted by Gasteiger charge is -2.43. The summed E-state index contributed by atoms with van der Waals surface area (Å²) in [5.74, 6) is 0. The highest BCUT2D eigenvalue weighted by molar-refractivity contribution is 6.21. The number of alkyl halides is 1. The second-order valence-electron chi connectivity index (χ2n) is 5.40. The van der Waals surface area contributed by atoms with Crippen LogP contribution >= 0.6 is 11.6 Å². The Morgan fingerprint density at radius 2 is 1.84 bits per heavy atom. The molecule has 0 bridgehead atoms. The van der Waals surface area contributed by atoms with Crippen molar-refractivity contribution in [2.75, 3.05) is 27.4 Å². The molecule has 4 nitrogen and oxygen atoms in total. The summed E-state index contributed by atoms with van der Waals surface area (Å²) in [6, 6.07) is 0. The highest BCUT2D eigenvalue weighted by Gasteiger charge is 2.43. The zero-order chi connectivity index (χ0) is 13.7. The van der Waals surface area contributed by atoms with E-state index >= 15 is 0 Å². The van der Waals surface area contributed by atoms with E-state index in [9.17, 15) is 0 Å². The van der Waals surface area contributed by atoms with Crippen molar-refractivity contribution in [3.8, 4) is 0 Å². The van der Waals surface area contributed by atoms with Gasteiger partial charge in [-0.3, -0.25) is 0 Å². The summed E-state index contributed by atoms with van der Waals surface area (Å²) >= 11 is 6.19. The normalized spacial score (nSPS) is 39.0. The van der Waals surface area contributed by atoms with E-state index in [2.05, 4.69) is 0 Å². The van der Waals surface area contributed by atoms with Crippen molar-refractivity contribution in [2.24, 2.45) is 0 Å². The number of hydrogen-bond acceptors (Lipinski definition) is 4. The van der Waals surface area contributed by atoms with E-state index in [0.717, 1.165) is 25.7 Å². The van der Waals surface area contributed by atoms with Crippen molar-refractivity contribution in [3.05, 3.63) is 0 Å². The molecule has 5 heteroatoms. The number of ether oxygens (including phenoxy) is 4. The van der Waals surface area contributed by atoms with Gasteiger partial charge >= 0.3 is 0 Å². The van der Waals surface area contributed by atoms with Gasteiger partial charge in [0.1, 0.15) is 6.10 Å². The van der Waals surface area contributed by atoms with Gasteiger partial charge in [0.2, 0.25) is 0 Å². The van der Waals surface area contributed by atoms with Crippen LogP contribution in [0.2, 0.25) is 0 Å². The molecule has 5 unspecified atom stereocenters. The third-order valence-corrected chi connectivity index (χ3v) is 4.48. The first kappa shape index (κ1) is 15.5. The van der Waals surface area contributed by atoms with Crippen molar-refractivity contribution >= 4 is 11.6 Å². The number of halogens is 1. The Labute approximate surface area is 120 Å². The molecule has 2 rings (SSSR count). The summed E-state index contributed by atoms with van der Waals surface area (Å²) in [4.78, 5) is 0. The maximum absolute atomic E-state index is 6.19. The van der Waals surface area contributed by atoms with Gasteiger partial charge in [0, 0.05) is 14.2 Å². The molecule has 0 heterocycles. The predicted molar refractivity (Wildman–Crippen MR) is 73.8 cm³/mol. The Hall–Kier alpha value is 0.130. The first-order valence-corrected chi connectivity index (χ1v) is 7.61. The molecular formula is C14H25ClO4. The molecule has 19 heavy (non-hydrogen) atoms. The summed E-state index contributed by atoms with van der Waals surface area (Å²) in [5, 5.41) is 0.0728. The van der Waals surface area contributed by atoms with E-state index in [-0.39, 0.29) is 17.6 Å². The van der Waals surface area contributed by atoms with Crippen LogP contribution in [0.25, 0.3) is 0 Å². The lowest BCUT2D eigenvalue weighted by Crippen LogP contribution is -2.53. The summed E-state index contributed by atoms with van der Waals surface area (Å²) < 4.78 is 22.3. The minimum Gasteiger partial charge on any atom is -0.382 e. The Kier molecular flexibility index (Phi) is 6.36. The molecule has 5 atom stereocenters. The number of rotatable bonds is 7. The first-order chi connectivity index (χ1) is 9.24. The summed E-state index contributed by atoms with van der Waals surface area (Å²) in [5.41, 5.74) is 0. The van der Waals surface area contributed by atoms with Crippen LogP contribution < -0.4 is 0 Å². The Bertz CT molecular complexity index is 264. The van der Waals surface area contributed by atoms with Gasteiger partial charge < -0.3 is 18.9 Å².